The number of halogens is 1. The second-order valence-electron chi connectivity index (χ2n) is 7.59. The van der Waals surface area contributed by atoms with E-state index in [1.165, 1.54) is 4.90 Å². The van der Waals surface area contributed by atoms with Crippen molar-refractivity contribution >= 4 is 34.3 Å². The van der Waals surface area contributed by atoms with Gasteiger partial charge in [-0.3, -0.25) is 14.5 Å². The van der Waals surface area contributed by atoms with Gasteiger partial charge in [0.25, 0.3) is 5.91 Å². The number of amides is 1. The van der Waals surface area contributed by atoms with Crippen LogP contribution in [0.3, 0.4) is 0 Å². The van der Waals surface area contributed by atoms with E-state index in [1.807, 2.05) is 50.2 Å². The van der Waals surface area contributed by atoms with Gasteiger partial charge in [0.2, 0.25) is 5.76 Å². The van der Waals surface area contributed by atoms with Crippen molar-refractivity contribution in [2.75, 3.05) is 11.5 Å². The lowest BCUT2D eigenvalue weighted by Gasteiger charge is -2.24. The van der Waals surface area contributed by atoms with Crippen LogP contribution in [0, 0.1) is 6.92 Å². The van der Waals surface area contributed by atoms with Crippen LogP contribution < -0.4 is 15.1 Å². The summed E-state index contributed by atoms with van der Waals surface area (Å²) in [6.07, 6.45) is 1.64. The minimum atomic E-state index is -0.692. The first-order valence-electron chi connectivity index (χ1n) is 10.2. The second-order valence-corrected chi connectivity index (χ2v) is 8.02. The van der Waals surface area contributed by atoms with Crippen LogP contribution in [0.25, 0.3) is 11.0 Å². The zero-order chi connectivity index (χ0) is 22.4. The predicted molar refractivity (Wildman–Crippen MR) is 123 cm³/mol. The van der Waals surface area contributed by atoms with E-state index in [0.717, 1.165) is 11.1 Å². The minimum Gasteiger partial charge on any atom is -0.494 e. The summed E-state index contributed by atoms with van der Waals surface area (Å²) in [4.78, 5) is 33.0. The van der Waals surface area contributed by atoms with E-state index in [0.29, 0.717) is 34.2 Å². The van der Waals surface area contributed by atoms with Crippen LogP contribution in [0.2, 0.25) is 5.02 Å². The summed E-state index contributed by atoms with van der Waals surface area (Å²) in [6.45, 7) is 4.37. The number of carbonyl (C=O) groups is 1. The van der Waals surface area contributed by atoms with Crippen LogP contribution >= 0.6 is 11.6 Å². The van der Waals surface area contributed by atoms with E-state index < -0.39 is 11.9 Å². The highest BCUT2D eigenvalue weighted by Crippen LogP contribution is 2.41. The highest BCUT2D eigenvalue weighted by atomic mass is 35.5. The van der Waals surface area contributed by atoms with Crippen molar-refractivity contribution in [3.05, 3.63) is 98.5 Å². The number of fused-ring (bicyclic) bond motifs is 2. The zero-order valence-corrected chi connectivity index (χ0v) is 18.2. The fourth-order valence-electron chi connectivity index (χ4n) is 4.06. The molecule has 6 nitrogen and oxygen atoms in total. The van der Waals surface area contributed by atoms with Crippen molar-refractivity contribution < 1.29 is 13.9 Å². The molecule has 0 aliphatic carbocycles. The molecule has 1 aliphatic rings. The lowest BCUT2D eigenvalue weighted by molar-refractivity contribution is 0.0970. The summed E-state index contributed by atoms with van der Waals surface area (Å²) in [7, 11) is 0. The Morgan fingerprint density at radius 1 is 1.09 bits per heavy atom. The summed E-state index contributed by atoms with van der Waals surface area (Å²) in [6, 6.07) is 15.1. The maximum absolute atomic E-state index is 13.6. The normalized spacial score (nSPS) is 15.3. The van der Waals surface area contributed by atoms with Crippen LogP contribution in [0.4, 0.5) is 5.82 Å². The van der Waals surface area contributed by atoms with Gasteiger partial charge in [-0.25, -0.2) is 4.98 Å². The van der Waals surface area contributed by atoms with Gasteiger partial charge in [-0.1, -0.05) is 23.7 Å². The number of benzene rings is 2. The number of hydrogen-bond donors (Lipinski definition) is 0. The number of nitrogens with zero attached hydrogens (tertiary/aromatic N) is 2. The summed E-state index contributed by atoms with van der Waals surface area (Å²) in [5.41, 5.74) is 2.00. The number of aryl methyl sites for hydroxylation is 1. The van der Waals surface area contributed by atoms with E-state index in [4.69, 9.17) is 20.8 Å². The molecule has 0 bridgehead atoms. The maximum atomic E-state index is 13.6. The van der Waals surface area contributed by atoms with E-state index >= 15 is 0 Å². The van der Waals surface area contributed by atoms with Gasteiger partial charge >= 0.3 is 0 Å². The van der Waals surface area contributed by atoms with Gasteiger partial charge in [-0.05, 0) is 67.4 Å². The van der Waals surface area contributed by atoms with Crippen molar-refractivity contribution in [3.8, 4) is 5.75 Å². The fraction of sp³-hybridized carbons (Fsp3) is 0.160. The number of pyridine rings is 1. The van der Waals surface area contributed by atoms with Crippen molar-refractivity contribution in [2.45, 2.75) is 19.9 Å². The first-order chi connectivity index (χ1) is 15.5. The standard InChI is InChI=1S/C25H19ClN2O4/c1-3-31-17-7-4-15(5-8-17)22-21-23(29)18-13-16(26)6-9-19(18)32-24(21)25(30)28(22)20-12-14(2)10-11-27-20/h4-13,22H,3H2,1-2H3. The largest absolute Gasteiger partial charge is 0.494 e. The fourth-order valence-corrected chi connectivity index (χ4v) is 4.23. The molecule has 1 atom stereocenters. The number of hydrogen-bond acceptors (Lipinski definition) is 5. The Labute approximate surface area is 189 Å². The molecule has 1 amide bonds. The first kappa shape index (κ1) is 20.3. The highest BCUT2D eigenvalue weighted by molar-refractivity contribution is 6.31. The van der Waals surface area contributed by atoms with Crippen LogP contribution in [-0.2, 0) is 0 Å². The van der Waals surface area contributed by atoms with E-state index in [-0.39, 0.29) is 16.8 Å². The molecule has 0 radical (unpaired) electrons. The van der Waals surface area contributed by atoms with Crippen molar-refractivity contribution in [1.82, 2.24) is 4.98 Å². The third-order valence-corrected chi connectivity index (χ3v) is 5.72. The Balaban J connectivity index is 1.77. The average Bonchev–Trinajstić information content (AvgIpc) is 3.08. The molecule has 4 aromatic rings. The van der Waals surface area contributed by atoms with Crippen molar-refractivity contribution in [1.29, 1.82) is 0 Å². The monoisotopic (exact) mass is 446 g/mol. The molecule has 0 N–H and O–H groups in total. The predicted octanol–water partition coefficient (Wildman–Crippen LogP) is 5.30. The van der Waals surface area contributed by atoms with Crippen molar-refractivity contribution in [3.63, 3.8) is 0 Å². The van der Waals surface area contributed by atoms with Gasteiger partial charge in [0.15, 0.2) is 5.43 Å². The van der Waals surface area contributed by atoms with Crippen LogP contribution in [0.15, 0.2) is 70.0 Å². The number of aromatic nitrogens is 1. The third-order valence-electron chi connectivity index (χ3n) is 5.49. The molecule has 2 aromatic heterocycles. The van der Waals surface area contributed by atoms with Crippen LogP contribution in [0.1, 0.15) is 40.2 Å². The van der Waals surface area contributed by atoms with Gasteiger partial charge in [0.1, 0.15) is 17.2 Å². The number of anilines is 1. The number of carbonyl (C=O) groups excluding carboxylic acids is 1. The topological polar surface area (TPSA) is 72.6 Å². The molecule has 3 heterocycles. The molecule has 1 unspecified atom stereocenters. The third kappa shape index (κ3) is 3.24. The Morgan fingerprint density at radius 2 is 1.88 bits per heavy atom. The summed E-state index contributed by atoms with van der Waals surface area (Å²) >= 11 is 6.13. The summed E-state index contributed by atoms with van der Waals surface area (Å²) in [5.74, 6) is 0.762. The summed E-state index contributed by atoms with van der Waals surface area (Å²) < 4.78 is 11.5. The van der Waals surface area contributed by atoms with Crippen molar-refractivity contribution in [2.24, 2.45) is 0 Å². The van der Waals surface area contributed by atoms with Crippen LogP contribution in [-0.4, -0.2) is 17.5 Å². The van der Waals surface area contributed by atoms with Crippen LogP contribution in [0.5, 0.6) is 5.75 Å². The molecular weight excluding hydrogens is 428 g/mol. The average molecular weight is 447 g/mol. The van der Waals surface area contributed by atoms with E-state index in [9.17, 15) is 9.59 Å². The highest BCUT2D eigenvalue weighted by Gasteiger charge is 2.44. The van der Waals surface area contributed by atoms with Gasteiger partial charge in [0.05, 0.1) is 23.6 Å². The molecular formula is C25H19ClN2O4. The van der Waals surface area contributed by atoms with Gasteiger partial charge in [-0.2, -0.15) is 0 Å². The second kappa shape index (κ2) is 7.80. The molecule has 1 aliphatic heterocycles. The maximum Gasteiger partial charge on any atom is 0.296 e. The smallest absolute Gasteiger partial charge is 0.296 e. The quantitative estimate of drug-likeness (QED) is 0.425. The first-order valence-corrected chi connectivity index (χ1v) is 10.6. The SMILES string of the molecule is CCOc1ccc(C2c3c(oc4ccc(Cl)cc4c3=O)C(=O)N2c2cc(C)ccn2)cc1. The molecule has 32 heavy (non-hydrogen) atoms. The Kier molecular flexibility index (Phi) is 4.94. The minimum absolute atomic E-state index is 0.0204. The number of ether oxygens (including phenoxy) is 1. The molecule has 0 saturated carbocycles. The lowest BCUT2D eigenvalue weighted by atomic mass is 9.98. The molecule has 0 saturated heterocycles. The summed E-state index contributed by atoms with van der Waals surface area (Å²) in [5, 5.41) is 0.753. The molecule has 0 spiro atoms. The molecule has 5 rings (SSSR count). The molecule has 2 aromatic carbocycles. The lowest BCUT2D eigenvalue weighted by Crippen LogP contribution is -2.30. The Morgan fingerprint density at radius 3 is 2.59 bits per heavy atom. The zero-order valence-electron chi connectivity index (χ0n) is 17.5. The van der Waals surface area contributed by atoms with E-state index in [2.05, 4.69) is 4.98 Å². The molecule has 160 valence electrons. The Hall–Kier alpha value is -3.64. The number of rotatable bonds is 4. The van der Waals surface area contributed by atoms with E-state index in [1.54, 1.807) is 24.4 Å². The molecule has 0 fully saturated rings. The van der Waals surface area contributed by atoms with Gasteiger partial charge in [0, 0.05) is 11.2 Å². The van der Waals surface area contributed by atoms with Gasteiger partial charge in [-0.15, -0.1) is 0 Å². The van der Waals surface area contributed by atoms with Gasteiger partial charge < -0.3 is 9.15 Å². The molecule has 7 heteroatoms. The Bertz CT molecular complexity index is 1410.